The summed E-state index contributed by atoms with van der Waals surface area (Å²) in [5.41, 5.74) is 2.01. The topological polar surface area (TPSA) is 108 Å². The van der Waals surface area contributed by atoms with Crippen LogP contribution in [0.5, 0.6) is 0 Å². The number of halogens is 1. The molecule has 0 aromatic heterocycles. The van der Waals surface area contributed by atoms with Crippen LogP contribution < -0.4 is 10.6 Å². The normalized spacial score (nSPS) is 24.8. The van der Waals surface area contributed by atoms with Crippen molar-refractivity contribution < 1.29 is 28.3 Å². The Morgan fingerprint density at radius 2 is 2.11 bits per heavy atom. The Kier molecular flexibility index (Phi) is 6.96. The molecule has 5 rings (SSSR count). The molecule has 2 atom stereocenters. The van der Waals surface area contributed by atoms with Gasteiger partial charge in [0.25, 0.3) is 5.91 Å². The van der Waals surface area contributed by atoms with E-state index < -0.39 is 17.9 Å². The number of carbonyl (C=O) groups excluding carboxylic acids is 4. The molecule has 3 saturated heterocycles. The standard InChI is InChI=1S/C27H31FN4O5/c1-31(23-7-8-24(34)30-25(23)35)26(36)19-3-2-4-22(20(19)12-33)29-10-18-6-5-17(9-21(18)28)11-32-13-27(14-32)15-37-16-27/h2-5,9,12,18,23,29H,6-8,10-11,13-16H2,1H3,(H,30,34,35). The first kappa shape index (κ1) is 25.3. The lowest BCUT2D eigenvalue weighted by Crippen LogP contribution is -2.65. The highest BCUT2D eigenvalue weighted by Gasteiger charge is 2.48. The molecule has 9 nitrogen and oxygen atoms in total. The smallest absolute Gasteiger partial charge is 0.255 e. The van der Waals surface area contributed by atoms with E-state index in [4.69, 9.17) is 4.74 Å². The van der Waals surface area contributed by atoms with Gasteiger partial charge in [-0.25, -0.2) is 4.39 Å². The van der Waals surface area contributed by atoms with E-state index in [1.54, 1.807) is 18.2 Å². The Balaban J connectivity index is 1.20. The molecule has 0 bridgehead atoms. The van der Waals surface area contributed by atoms with Crippen molar-refractivity contribution in [1.82, 2.24) is 15.1 Å². The van der Waals surface area contributed by atoms with Crippen LogP contribution in [0.15, 0.2) is 41.8 Å². The summed E-state index contributed by atoms with van der Waals surface area (Å²) in [5.74, 6) is -1.99. The zero-order valence-corrected chi connectivity index (χ0v) is 20.8. The van der Waals surface area contributed by atoms with E-state index in [1.807, 2.05) is 0 Å². The van der Waals surface area contributed by atoms with Gasteiger partial charge in [-0.2, -0.15) is 0 Å². The van der Waals surface area contributed by atoms with Crippen LogP contribution in [-0.2, 0) is 14.3 Å². The molecule has 0 radical (unpaired) electrons. The predicted octanol–water partition coefficient (Wildman–Crippen LogP) is 1.92. The van der Waals surface area contributed by atoms with E-state index in [-0.39, 0.29) is 48.2 Å². The molecule has 0 saturated carbocycles. The highest BCUT2D eigenvalue weighted by molar-refractivity contribution is 6.07. The summed E-state index contributed by atoms with van der Waals surface area (Å²) in [6.45, 7) is 4.62. The number of likely N-dealkylation sites (tertiary alicyclic amines) is 1. The van der Waals surface area contributed by atoms with Crippen LogP contribution in [0.4, 0.5) is 10.1 Å². The summed E-state index contributed by atoms with van der Waals surface area (Å²) in [5, 5.41) is 5.38. The van der Waals surface area contributed by atoms with Crippen LogP contribution in [0.3, 0.4) is 0 Å². The average molecular weight is 511 g/mol. The first-order valence-electron chi connectivity index (χ1n) is 12.6. The van der Waals surface area contributed by atoms with Crippen molar-refractivity contribution in [2.75, 3.05) is 51.8 Å². The Labute approximate surface area is 214 Å². The number of imide groups is 1. The second-order valence-corrected chi connectivity index (χ2v) is 10.5. The van der Waals surface area contributed by atoms with Gasteiger partial charge in [-0.05, 0) is 36.6 Å². The minimum Gasteiger partial charge on any atom is -0.384 e. The van der Waals surface area contributed by atoms with Gasteiger partial charge in [0.1, 0.15) is 11.9 Å². The number of rotatable bonds is 8. The monoisotopic (exact) mass is 510 g/mol. The summed E-state index contributed by atoms with van der Waals surface area (Å²) in [6, 6.07) is 4.03. The number of hydrogen-bond acceptors (Lipinski definition) is 7. The lowest BCUT2D eigenvalue weighted by atomic mass is 9.77. The molecule has 4 aliphatic rings. The fourth-order valence-corrected chi connectivity index (χ4v) is 5.55. The molecule has 10 heteroatoms. The number of amides is 3. The highest BCUT2D eigenvalue weighted by Crippen LogP contribution is 2.38. The van der Waals surface area contributed by atoms with Crippen molar-refractivity contribution in [2.45, 2.75) is 25.3 Å². The van der Waals surface area contributed by atoms with Gasteiger partial charge >= 0.3 is 0 Å². The summed E-state index contributed by atoms with van der Waals surface area (Å²) in [7, 11) is 1.48. The van der Waals surface area contributed by atoms with Gasteiger partial charge in [0, 0.05) is 56.7 Å². The second-order valence-electron chi connectivity index (χ2n) is 10.5. The maximum absolute atomic E-state index is 14.9. The zero-order valence-electron chi connectivity index (χ0n) is 20.8. The van der Waals surface area contributed by atoms with Crippen molar-refractivity contribution in [1.29, 1.82) is 0 Å². The minimum atomic E-state index is -0.798. The molecule has 1 aromatic rings. The third kappa shape index (κ3) is 5.08. The molecular weight excluding hydrogens is 479 g/mol. The molecule has 3 amide bonds. The van der Waals surface area contributed by atoms with Gasteiger partial charge in [0.2, 0.25) is 11.8 Å². The van der Waals surface area contributed by atoms with Crippen LogP contribution in [-0.4, -0.2) is 86.3 Å². The van der Waals surface area contributed by atoms with Gasteiger partial charge in [-0.15, -0.1) is 0 Å². The molecule has 1 spiro atoms. The lowest BCUT2D eigenvalue weighted by Gasteiger charge is -2.55. The largest absolute Gasteiger partial charge is 0.384 e. The molecular formula is C27H31FN4O5. The van der Waals surface area contributed by atoms with Crippen molar-refractivity contribution in [3.63, 3.8) is 0 Å². The van der Waals surface area contributed by atoms with Gasteiger partial charge in [-0.3, -0.25) is 29.4 Å². The Hall–Kier alpha value is -3.37. The van der Waals surface area contributed by atoms with E-state index in [1.165, 1.54) is 18.0 Å². The summed E-state index contributed by atoms with van der Waals surface area (Å²) in [6.07, 6.45) is 5.16. The fraction of sp³-hybridized carbons (Fsp3) is 0.481. The SMILES string of the molecule is CN(C(=O)c1cccc(NCC2CC=C(CN3CC4(COC4)C3)C=C2F)c1C=O)C1CCC(=O)NC1=O. The Bertz CT molecular complexity index is 1180. The van der Waals surface area contributed by atoms with E-state index in [0.29, 0.717) is 23.8 Å². The Morgan fingerprint density at radius 1 is 1.32 bits per heavy atom. The molecule has 3 fully saturated rings. The van der Waals surface area contributed by atoms with Gasteiger partial charge in [0.15, 0.2) is 6.29 Å². The fourth-order valence-electron chi connectivity index (χ4n) is 5.55. The molecule has 1 aliphatic carbocycles. The highest BCUT2D eigenvalue weighted by atomic mass is 19.1. The maximum Gasteiger partial charge on any atom is 0.255 e. The average Bonchev–Trinajstić information content (AvgIpc) is 2.83. The van der Waals surface area contributed by atoms with Crippen molar-refractivity contribution >= 4 is 29.7 Å². The number of aldehydes is 1. The number of benzene rings is 1. The van der Waals surface area contributed by atoms with Crippen molar-refractivity contribution in [3.05, 3.63) is 52.9 Å². The van der Waals surface area contributed by atoms with Crippen molar-refractivity contribution in [2.24, 2.45) is 11.3 Å². The minimum absolute atomic E-state index is 0.137. The zero-order chi connectivity index (χ0) is 26.2. The summed E-state index contributed by atoms with van der Waals surface area (Å²) < 4.78 is 20.2. The third-order valence-electron chi connectivity index (χ3n) is 7.71. The first-order valence-corrected chi connectivity index (χ1v) is 12.6. The molecule has 37 heavy (non-hydrogen) atoms. The summed E-state index contributed by atoms with van der Waals surface area (Å²) >= 11 is 0. The van der Waals surface area contributed by atoms with E-state index in [2.05, 4.69) is 21.6 Å². The van der Waals surface area contributed by atoms with E-state index in [9.17, 15) is 23.6 Å². The molecule has 2 N–H and O–H groups in total. The van der Waals surface area contributed by atoms with Crippen LogP contribution >= 0.6 is 0 Å². The molecule has 196 valence electrons. The van der Waals surface area contributed by atoms with Crippen molar-refractivity contribution in [3.8, 4) is 0 Å². The number of carbonyl (C=O) groups is 4. The third-order valence-corrected chi connectivity index (χ3v) is 7.71. The van der Waals surface area contributed by atoms with Crippen LogP contribution in [0.1, 0.15) is 40.0 Å². The number of allylic oxidation sites excluding steroid dienone is 1. The Morgan fingerprint density at radius 3 is 2.76 bits per heavy atom. The number of nitrogens with zero attached hydrogens (tertiary/aromatic N) is 2. The molecule has 3 heterocycles. The van der Waals surface area contributed by atoms with E-state index >= 15 is 0 Å². The van der Waals surface area contributed by atoms with Crippen LogP contribution in [0.2, 0.25) is 0 Å². The number of piperidine rings is 1. The van der Waals surface area contributed by atoms with E-state index in [0.717, 1.165) is 38.4 Å². The molecule has 1 aromatic carbocycles. The predicted molar refractivity (Wildman–Crippen MR) is 134 cm³/mol. The second kappa shape index (κ2) is 10.2. The number of anilines is 1. The maximum atomic E-state index is 14.9. The number of ether oxygens (including phenoxy) is 1. The first-order chi connectivity index (χ1) is 17.8. The lowest BCUT2D eigenvalue weighted by molar-refractivity contribution is -0.186. The van der Waals surface area contributed by atoms with Gasteiger partial charge in [0.05, 0.1) is 24.3 Å². The van der Waals surface area contributed by atoms with Crippen LogP contribution in [0.25, 0.3) is 0 Å². The van der Waals surface area contributed by atoms with Gasteiger partial charge < -0.3 is 15.0 Å². The van der Waals surface area contributed by atoms with Crippen LogP contribution in [0, 0.1) is 11.3 Å². The number of nitrogens with one attached hydrogen (secondary N) is 2. The molecule has 3 aliphatic heterocycles. The molecule has 2 unspecified atom stereocenters. The van der Waals surface area contributed by atoms with Gasteiger partial charge in [-0.1, -0.05) is 12.1 Å². The quantitative estimate of drug-likeness (QED) is 0.406. The summed E-state index contributed by atoms with van der Waals surface area (Å²) in [4.78, 5) is 52.3. The number of hydrogen-bond donors (Lipinski definition) is 2. The number of likely N-dealkylation sites (N-methyl/N-ethyl adjacent to an activating group) is 1.